The molecule has 4 heteroatoms. The van der Waals surface area contributed by atoms with Crippen molar-refractivity contribution < 1.29 is 9.21 Å². The summed E-state index contributed by atoms with van der Waals surface area (Å²) >= 11 is 0. The highest BCUT2D eigenvalue weighted by Crippen LogP contribution is 2.07. The van der Waals surface area contributed by atoms with Crippen LogP contribution >= 0.6 is 0 Å². The first-order chi connectivity index (χ1) is 7.24. The van der Waals surface area contributed by atoms with E-state index in [0.717, 1.165) is 11.3 Å². The van der Waals surface area contributed by atoms with E-state index in [0.29, 0.717) is 13.1 Å². The topological polar surface area (TPSA) is 54.3 Å². The van der Waals surface area contributed by atoms with Crippen LogP contribution < -0.4 is 10.6 Å². The monoisotopic (exact) mass is 208 g/mol. The van der Waals surface area contributed by atoms with E-state index >= 15 is 0 Å². The van der Waals surface area contributed by atoms with Gasteiger partial charge >= 0.3 is 0 Å². The first kappa shape index (κ1) is 11.5. The molecule has 0 atom stereocenters. The van der Waals surface area contributed by atoms with Crippen molar-refractivity contribution in [1.82, 2.24) is 10.6 Å². The van der Waals surface area contributed by atoms with Gasteiger partial charge in [0, 0.05) is 6.54 Å². The van der Waals surface area contributed by atoms with E-state index in [2.05, 4.69) is 17.2 Å². The van der Waals surface area contributed by atoms with Gasteiger partial charge in [-0.25, -0.2) is 0 Å². The molecule has 15 heavy (non-hydrogen) atoms. The Balaban J connectivity index is 2.19. The summed E-state index contributed by atoms with van der Waals surface area (Å²) in [6.45, 7) is 6.84. The first-order valence-corrected chi connectivity index (χ1v) is 4.85. The molecule has 1 heterocycles. The van der Waals surface area contributed by atoms with Crippen molar-refractivity contribution in [2.45, 2.75) is 13.5 Å². The quantitative estimate of drug-likeness (QED) is 0.685. The van der Waals surface area contributed by atoms with Crippen LogP contribution in [0.15, 0.2) is 29.4 Å². The van der Waals surface area contributed by atoms with Gasteiger partial charge in [0.05, 0.1) is 19.4 Å². The molecule has 1 amide bonds. The van der Waals surface area contributed by atoms with Crippen LogP contribution in [0.4, 0.5) is 0 Å². The molecule has 0 aromatic carbocycles. The summed E-state index contributed by atoms with van der Waals surface area (Å²) in [5, 5.41) is 5.67. The fourth-order valence-corrected chi connectivity index (χ4v) is 1.12. The van der Waals surface area contributed by atoms with Crippen molar-refractivity contribution in [3.05, 3.63) is 36.3 Å². The van der Waals surface area contributed by atoms with Crippen LogP contribution in [-0.4, -0.2) is 19.0 Å². The van der Waals surface area contributed by atoms with Gasteiger partial charge in [0.25, 0.3) is 0 Å². The summed E-state index contributed by atoms with van der Waals surface area (Å²) in [6, 6.07) is 1.90. The predicted molar refractivity (Wildman–Crippen MR) is 58.4 cm³/mol. The molecule has 1 aromatic rings. The van der Waals surface area contributed by atoms with Crippen molar-refractivity contribution >= 4 is 5.91 Å². The zero-order valence-corrected chi connectivity index (χ0v) is 8.88. The molecule has 0 bridgehead atoms. The van der Waals surface area contributed by atoms with Crippen LogP contribution in [-0.2, 0) is 11.3 Å². The van der Waals surface area contributed by atoms with Crippen LogP contribution in [0.1, 0.15) is 11.3 Å². The largest absolute Gasteiger partial charge is 0.468 e. The fraction of sp³-hybridized carbons (Fsp3) is 0.364. The minimum absolute atomic E-state index is 0.0425. The Morgan fingerprint density at radius 2 is 2.47 bits per heavy atom. The number of hydrogen-bond donors (Lipinski definition) is 2. The number of carbonyl (C=O) groups excluding carboxylic acids is 1. The van der Waals surface area contributed by atoms with Crippen molar-refractivity contribution in [3.63, 3.8) is 0 Å². The minimum atomic E-state index is -0.0425. The van der Waals surface area contributed by atoms with Gasteiger partial charge in [-0.2, -0.15) is 0 Å². The number of nitrogens with one attached hydrogen (secondary N) is 2. The number of hydrogen-bond acceptors (Lipinski definition) is 3. The molecular formula is C11H16N2O2. The highest BCUT2D eigenvalue weighted by atomic mass is 16.3. The highest BCUT2D eigenvalue weighted by molar-refractivity contribution is 5.78. The number of amides is 1. The molecule has 0 spiro atoms. The molecule has 4 nitrogen and oxygen atoms in total. The van der Waals surface area contributed by atoms with Gasteiger partial charge in [-0.05, 0) is 18.6 Å². The Hall–Kier alpha value is -1.55. The Labute approximate surface area is 89.4 Å². The SMILES string of the molecule is C=CCNC(=O)CNCc1occc1C. The van der Waals surface area contributed by atoms with E-state index in [-0.39, 0.29) is 12.5 Å². The lowest BCUT2D eigenvalue weighted by Crippen LogP contribution is -2.33. The van der Waals surface area contributed by atoms with Crippen molar-refractivity contribution in [2.24, 2.45) is 0 Å². The summed E-state index contributed by atoms with van der Waals surface area (Å²) in [5.41, 5.74) is 1.09. The van der Waals surface area contributed by atoms with Crippen LogP contribution in [0.5, 0.6) is 0 Å². The average Bonchev–Trinajstić information content (AvgIpc) is 2.61. The lowest BCUT2D eigenvalue weighted by atomic mass is 10.3. The Morgan fingerprint density at radius 3 is 3.07 bits per heavy atom. The molecule has 1 aromatic heterocycles. The zero-order chi connectivity index (χ0) is 11.1. The van der Waals surface area contributed by atoms with Crippen molar-refractivity contribution in [3.8, 4) is 0 Å². The number of carbonyl (C=O) groups is 1. The molecule has 0 aliphatic carbocycles. The predicted octanol–water partition coefficient (Wildman–Crippen LogP) is 0.980. The Bertz CT molecular complexity index is 331. The second-order valence-corrected chi connectivity index (χ2v) is 3.22. The van der Waals surface area contributed by atoms with Crippen LogP contribution in [0.3, 0.4) is 0 Å². The Morgan fingerprint density at radius 1 is 1.67 bits per heavy atom. The number of aryl methyl sites for hydroxylation is 1. The molecule has 0 aliphatic heterocycles. The molecule has 2 N–H and O–H groups in total. The molecule has 0 fully saturated rings. The van der Waals surface area contributed by atoms with E-state index in [1.165, 1.54) is 0 Å². The second kappa shape index (κ2) is 6.03. The first-order valence-electron chi connectivity index (χ1n) is 4.85. The van der Waals surface area contributed by atoms with Gasteiger partial charge in [0.15, 0.2) is 0 Å². The van der Waals surface area contributed by atoms with E-state index in [1.54, 1.807) is 12.3 Å². The third-order valence-corrected chi connectivity index (χ3v) is 1.98. The molecule has 0 saturated heterocycles. The molecule has 82 valence electrons. The average molecular weight is 208 g/mol. The third kappa shape index (κ3) is 3.99. The fourth-order valence-electron chi connectivity index (χ4n) is 1.12. The summed E-state index contributed by atoms with van der Waals surface area (Å²) < 4.78 is 5.22. The molecule has 0 saturated carbocycles. The maximum Gasteiger partial charge on any atom is 0.234 e. The lowest BCUT2D eigenvalue weighted by Gasteiger charge is -2.03. The highest BCUT2D eigenvalue weighted by Gasteiger charge is 2.02. The smallest absolute Gasteiger partial charge is 0.234 e. The zero-order valence-electron chi connectivity index (χ0n) is 8.88. The number of rotatable bonds is 6. The molecule has 0 radical (unpaired) electrons. The molecule has 1 rings (SSSR count). The third-order valence-electron chi connectivity index (χ3n) is 1.98. The van der Waals surface area contributed by atoms with E-state index in [1.807, 2.05) is 13.0 Å². The normalized spacial score (nSPS) is 9.93. The standard InChI is InChI=1S/C11H16N2O2/c1-3-5-13-11(14)8-12-7-10-9(2)4-6-15-10/h3-4,6,12H,1,5,7-8H2,2H3,(H,13,14). The lowest BCUT2D eigenvalue weighted by molar-refractivity contribution is -0.120. The maximum absolute atomic E-state index is 11.2. The minimum Gasteiger partial charge on any atom is -0.468 e. The van der Waals surface area contributed by atoms with Crippen LogP contribution in [0.25, 0.3) is 0 Å². The summed E-state index contributed by atoms with van der Waals surface area (Å²) in [5.74, 6) is 0.825. The van der Waals surface area contributed by atoms with Gasteiger partial charge in [0.2, 0.25) is 5.91 Å². The molecule has 0 unspecified atom stereocenters. The Kier molecular flexibility index (Phi) is 4.63. The number of furan rings is 1. The van der Waals surface area contributed by atoms with Crippen LogP contribution in [0, 0.1) is 6.92 Å². The molecular weight excluding hydrogens is 192 g/mol. The van der Waals surface area contributed by atoms with E-state index < -0.39 is 0 Å². The van der Waals surface area contributed by atoms with Gasteiger partial charge in [-0.1, -0.05) is 6.08 Å². The van der Waals surface area contributed by atoms with Gasteiger partial charge in [-0.15, -0.1) is 6.58 Å². The summed E-state index contributed by atoms with van der Waals surface area (Å²) in [6.07, 6.45) is 3.29. The van der Waals surface area contributed by atoms with Crippen LogP contribution in [0.2, 0.25) is 0 Å². The van der Waals surface area contributed by atoms with E-state index in [4.69, 9.17) is 4.42 Å². The summed E-state index contributed by atoms with van der Waals surface area (Å²) in [7, 11) is 0. The molecule has 0 aliphatic rings. The summed E-state index contributed by atoms with van der Waals surface area (Å²) in [4.78, 5) is 11.2. The van der Waals surface area contributed by atoms with Crippen molar-refractivity contribution in [2.75, 3.05) is 13.1 Å². The maximum atomic E-state index is 11.2. The van der Waals surface area contributed by atoms with Gasteiger partial charge in [0.1, 0.15) is 5.76 Å². The van der Waals surface area contributed by atoms with Crippen molar-refractivity contribution in [1.29, 1.82) is 0 Å². The van der Waals surface area contributed by atoms with Gasteiger partial charge in [-0.3, -0.25) is 4.79 Å². The van der Waals surface area contributed by atoms with E-state index in [9.17, 15) is 4.79 Å². The second-order valence-electron chi connectivity index (χ2n) is 3.22. The van der Waals surface area contributed by atoms with Gasteiger partial charge < -0.3 is 15.1 Å².